The molecular weight excluding hydrogens is 168 g/mol. The van der Waals surface area contributed by atoms with Gasteiger partial charge in [0.05, 0.1) is 5.69 Å². The summed E-state index contributed by atoms with van der Waals surface area (Å²) in [5.74, 6) is -0.0628. The second-order valence-corrected chi connectivity index (χ2v) is 2.86. The second-order valence-electron chi connectivity index (χ2n) is 2.86. The molecule has 1 atom stereocenters. The van der Waals surface area contributed by atoms with Crippen molar-refractivity contribution in [2.75, 3.05) is 13.2 Å². The molecule has 1 fully saturated rings. The van der Waals surface area contributed by atoms with E-state index in [4.69, 9.17) is 4.74 Å². The summed E-state index contributed by atoms with van der Waals surface area (Å²) in [4.78, 5) is 14.9. The van der Waals surface area contributed by atoms with Crippen molar-refractivity contribution in [3.8, 4) is 0 Å². The smallest absolute Gasteiger partial charge is 0.246 e. The van der Waals surface area contributed by atoms with E-state index in [0.29, 0.717) is 6.54 Å². The number of nitrogens with zero attached hydrogens (tertiary/aromatic N) is 1. The standard InChI is InChI=1S/C9H10N2O2/c12-9-6-13-8(5-11-9)7-3-1-2-4-10-7/h1-4,8H,5-6H2,(H,11,12)/t8-/m0/s1. The number of aromatic nitrogens is 1. The third-order valence-corrected chi connectivity index (χ3v) is 1.92. The van der Waals surface area contributed by atoms with Gasteiger partial charge in [0.1, 0.15) is 12.7 Å². The fourth-order valence-electron chi connectivity index (χ4n) is 1.25. The SMILES string of the molecule is O=C1CO[C@H](c2ccccn2)CN1. The van der Waals surface area contributed by atoms with Crippen molar-refractivity contribution in [1.29, 1.82) is 0 Å². The minimum Gasteiger partial charge on any atom is -0.360 e. The minimum absolute atomic E-state index is 0.0628. The molecule has 4 nitrogen and oxygen atoms in total. The van der Waals surface area contributed by atoms with Crippen LogP contribution in [0.25, 0.3) is 0 Å². The third-order valence-electron chi connectivity index (χ3n) is 1.92. The summed E-state index contributed by atoms with van der Waals surface area (Å²) in [5, 5.41) is 2.73. The van der Waals surface area contributed by atoms with Crippen molar-refractivity contribution in [1.82, 2.24) is 10.3 Å². The number of hydrogen-bond donors (Lipinski definition) is 1. The lowest BCUT2D eigenvalue weighted by atomic mass is 10.2. The molecule has 0 unspecified atom stereocenters. The largest absolute Gasteiger partial charge is 0.360 e. The average molecular weight is 178 g/mol. The van der Waals surface area contributed by atoms with Crippen LogP contribution in [-0.4, -0.2) is 24.0 Å². The Morgan fingerprint density at radius 3 is 3.08 bits per heavy atom. The number of carbonyl (C=O) groups is 1. The summed E-state index contributed by atoms with van der Waals surface area (Å²) in [7, 11) is 0. The Kier molecular flexibility index (Phi) is 2.23. The fraction of sp³-hybridized carbons (Fsp3) is 0.333. The summed E-state index contributed by atoms with van der Waals surface area (Å²) < 4.78 is 5.30. The van der Waals surface area contributed by atoms with Crippen LogP contribution >= 0.6 is 0 Å². The molecule has 2 heterocycles. The van der Waals surface area contributed by atoms with E-state index < -0.39 is 0 Å². The maximum atomic E-state index is 10.8. The van der Waals surface area contributed by atoms with Crippen LogP contribution in [0, 0.1) is 0 Å². The molecule has 0 spiro atoms. The van der Waals surface area contributed by atoms with Gasteiger partial charge in [-0.3, -0.25) is 9.78 Å². The van der Waals surface area contributed by atoms with E-state index in [2.05, 4.69) is 10.3 Å². The highest BCUT2D eigenvalue weighted by Gasteiger charge is 2.20. The van der Waals surface area contributed by atoms with Crippen LogP contribution in [0.1, 0.15) is 11.8 Å². The molecule has 1 N–H and O–H groups in total. The first-order valence-corrected chi connectivity index (χ1v) is 4.15. The number of rotatable bonds is 1. The van der Waals surface area contributed by atoms with Gasteiger partial charge in [0, 0.05) is 12.7 Å². The van der Waals surface area contributed by atoms with Gasteiger partial charge in [-0.1, -0.05) is 6.07 Å². The molecule has 1 aliphatic heterocycles. The Morgan fingerprint density at radius 1 is 1.54 bits per heavy atom. The fourth-order valence-corrected chi connectivity index (χ4v) is 1.25. The monoisotopic (exact) mass is 178 g/mol. The third kappa shape index (κ3) is 1.84. The van der Waals surface area contributed by atoms with Gasteiger partial charge < -0.3 is 10.1 Å². The number of amides is 1. The molecular formula is C9H10N2O2. The summed E-state index contributed by atoms with van der Waals surface area (Å²) in [6.07, 6.45) is 1.62. The lowest BCUT2D eigenvalue weighted by Crippen LogP contribution is -2.38. The van der Waals surface area contributed by atoms with Crippen LogP contribution in [-0.2, 0) is 9.53 Å². The zero-order chi connectivity index (χ0) is 9.10. The zero-order valence-electron chi connectivity index (χ0n) is 7.06. The van der Waals surface area contributed by atoms with Crippen molar-refractivity contribution < 1.29 is 9.53 Å². The van der Waals surface area contributed by atoms with Crippen molar-refractivity contribution >= 4 is 5.91 Å². The molecule has 1 aliphatic rings. The van der Waals surface area contributed by atoms with E-state index in [1.165, 1.54) is 0 Å². The number of ether oxygens (including phenoxy) is 1. The maximum absolute atomic E-state index is 10.8. The number of morpholine rings is 1. The van der Waals surface area contributed by atoms with E-state index in [0.717, 1.165) is 5.69 Å². The summed E-state index contributed by atoms with van der Waals surface area (Å²) >= 11 is 0. The van der Waals surface area contributed by atoms with E-state index in [1.807, 2.05) is 18.2 Å². The van der Waals surface area contributed by atoms with Gasteiger partial charge in [0.15, 0.2) is 0 Å². The second kappa shape index (κ2) is 3.53. The first-order valence-electron chi connectivity index (χ1n) is 4.15. The molecule has 0 aromatic carbocycles. The Bertz CT molecular complexity index is 290. The summed E-state index contributed by atoms with van der Waals surface area (Å²) in [6, 6.07) is 5.65. The highest BCUT2D eigenvalue weighted by molar-refractivity contribution is 5.77. The van der Waals surface area contributed by atoms with Crippen LogP contribution in [0.3, 0.4) is 0 Å². The summed E-state index contributed by atoms with van der Waals surface area (Å²) in [5.41, 5.74) is 0.863. The molecule has 0 saturated carbocycles. The number of carbonyl (C=O) groups excluding carboxylic acids is 1. The van der Waals surface area contributed by atoms with Crippen molar-refractivity contribution in [3.63, 3.8) is 0 Å². The highest BCUT2D eigenvalue weighted by Crippen LogP contribution is 2.15. The lowest BCUT2D eigenvalue weighted by Gasteiger charge is -2.22. The van der Waals surface area contributed by atoms with Gasteiger partial charge in [-0.25, -0.2) is 0 Å². The van der Waals surface area contributed by atoms with Gasteiger partial charge in [0.2, 0.25) is 5.91 Å². The molecule has 0 radical (unpaired) electrons. The Balaban J connectivity index is 2.07. The van der Waals surface area contributed by atoms with Gasteiger partial charge in [-0.15, -0.1) is 0 Å². The number of pyridine rings is 1. The Hall–Kier alpha value is -1.42. The first kappa shape index (κ1) is 8.19. The average Bonchev–Trinajstić information content (AvgIpc) is 2.20. The molecule has 2 rings (SSSR count). The predicted molar refractivity (Wildman–Crippen MR) is 45.9 cm³/mol. The molecule has 1 aromatic rings. The molecule has 13 heavy (non-hydrogen) atoms. The van der Waals surface area contributed by atoms with E-state index in [-0.39, 0.29) is 18.6 Å². The Morgan fingerprint density at radius 2 is 2.46 bits per heavy atom. The van der Waals surface area contributed by atoms with Crippen LogP contribution in [0.2, 0.25) is 0 Å². The Labute approximate surface area is 75.9 Å². The quantitative estimate of drug-likeness (QED) is 0.671. The molecule has 0 bridgehead atoms. The van der Waals surface area contributed by atoms with Gasteiger partial charge in [0.25, 0.3) is 0 Å². The van der Waals surface area contributed by atoms with E-state index in [9.17, 15) is 4.79 Å². The van der Waals surface area contributed by atoms with Crippen LogP contribution in [0.15, 0.2) is 24.4 Å². The van der Waals surface area contributed by atoms with Crippen molar-refractivity contribution in [3.05, 3.63) is 30.1 Å². The number of nitrogens with one attached hydrogen (secondary N) is 1. The highest BCUT2D eigenvalue weighted by atomic mass is 16.5. The summed E-state index contributed by atoms with van der Waals surface area (Å²) in [6.45, 7) is 0.636. The van der Waals surface area contributed by atoms with Crippen LogP contribution in [0.5, 0.6) is 0 Å². The molecule has 1 aromatic heterocycles. The van der Waals surface area contributed by atoms with E-state index >= 15 is 0 Å². The minimum atomic E-state index is -0.0982. The van der Waals surface area contributed by atoms with Gasteiger partial charge >= 0.3 is 0 Å². The normalized spacial score (nSPS) is 22.5. The zero-order valence-corrected chi connectivity index (χ0v) is 7.06. The van der Waals surface area contributed by atoms with E-state index in [1.54, 1.807) is 6.20 Å². The maximum Gasteiger partial charge on any atom is 0.246 e. The topological polar surface area (TPSA) is 51.2 Å². The van der Waals surface area contributed by atoms with Gasteiger partial charge in [-0.05, 0) is 12.1 Å². The molecule has 1 saturated heterocycles. The van der Waals surface area contributed by atoms with Crippen molar-refractivity contribution in [2.45, 2.75) is 6.10 Å². The molecule has 1 amide bonds. The molecule has 68 valence electrons. The predicted octanol–water partition coefficient (Wildman–Crippen LogP) is 0.269. The van der Waals surface area contributed by atoms with Gasteiger partial charge in [-0.2, -0.15) is 0 Å². The molecule has 0 aliphatic carbocycles. The molecule has 4 heteroatoms. The lowest BCUT2D eigenvalue weighted by molar-refractivity contribution is -0.133. The number of hydrogen-bond acceptors (Lipinski definition) is 3. The first-order chi connectivity index (χ1) is 6.36. The van der Waals surface area contributed by atoms with Crippen LogP contribution in [0.4, 0.5) is 0 Å². The van der Waals surface area contributed by atoms with Crippen LogP contribution < -0.4 is 5.32 Å². The van der Waals surface area contributed by atoms with Crippen molar-refractivity contribution in [2.24, 2.45) is 0 Å².